The lowest BCUT2D eigenvalue weighted by atomic mass is 9.92. The molecule has 2 saturated heterocycles. The van der Waals surface area contributed by atoms with Gasteiger partial charge in [0.2, 0.25) is 0 Å². The van der Waals surface area contributed by atoms with Gasteiger partial charge in [-0.15, -0.1) is 0 Å². The van der Waals surface area contributed by atoms with Crippen molar-refractivity contribution in [3.05, 3.63) is 6.42 Å². The summed E-state index contributed by atoms with van der Waals surface area (Å²) in [5.74, 6) is 0. The van der Waals surface area contributed by atoms with E-state index in [1.165, 1.54) is 32.1 Å². The Labute approximate surface area is 56.4 Å². The molecule has 2 atom stereocenters. The SMILES string of the molecule is [CH]1CC2CCCC(C1)O2. The van der Waals surface area contributed by atoms with Crippen LogP contribution in [0.15, 0.2) is 0 Å². The molecule has 1 heteroatoms. The second-order valence-corrected chi connectivity index (χ2v) is 3.07. The smallest absolute Gasteiger partial charge is 0.0581 e. The maximum Gasteiger partial charge on any atom is 0.0581 e. The van der Waals surface area contributed by atoms with E-state index in [4.69, 9.17) is 4.74 Å². The summed E-state index contributed by atoms with van der Waals surface area (Å²) >= 11 is 0. The van der Waals surface area contributed by atoms with Gasteiger partial charge < -0.3 is 4.74 Å². The summed E-state index contributed by atoms with van der Waals surface area (Å²) in [4.78, 5) is 0. The fourth-order valence-electron chi connectivity index (χ4n) is 1.80. The van der Waals surface area contributed by atoms with Crippen molar-refractivity contribution in [1.29, 1.82) is 0 Å². The number of ether oxygens (including phenoxy) is 1. The Morgan fingerprint density at radius 2 is 1.78 bits per heavy atom. The Morgan fingerprint density at radius 3 is 2.33 bits per heavy atom. The normalized spacial score (nSPS) is 42.7. The molecule has 2 aliphatic rings. The van der Waals surface area contributed by atoms with Gasteiger partial charge in [0.1, 0.15) is 0 Å². The van der Waals surface area contributed by atoms with Crippen molar-refractivity contribution >= 4 is 0 Å². The minimum atomic E-state index is 0.595. The molecular weight excluding hydrogens is 112 g/mol. The first kappa shape index (κ1) is 5.72. The predicted octanol–water partition coefficient (Wildman–Crippen LogP) is 1.92. The van der Waals surface area contributed by atoms with Gasteiger partial charge in [0.15, 0.2) is 0 Å². The molecule has 2 fully saturated rings. The molecule has 0 spiro atoms. The molecule has 0 saturated carbocycles. The highest BCUT2D eigenvalue weighted by Gasteiger charge is 2.25. The van der Waals surface area contributed by atoms with Crippen molar-refractivity contribution in [2.45, 2.75) is 44.3 Å². The zero-order chi connectivity index (χ0) is 6.10. The highest BCUT2D eigenvalue weighted by Crippen LogP contribution is 2.29. The molecule has 1 nitrogen and oxygen atoms in total. The predicted molar refractivity (Wildman–Crippen MR) is 36.0 cm³/mol. The van der Waals surface area contributed by atoms with Crippen molar-refractivity contribution in [2.75, 3.05) is 0 Å². The highest BCUT2D eigenvalue weighted by atomic mass is 16.5. The Hall–Kier alpha value is -0.0400. The molecule has 0 aliphatic carbocycles. The second-order valence-electron chi connectivity index (χ2n) is 3.07. The molecule has 0 aromatic heterocycles. The molecule has 2 rings (SSSR count). The fourth-order valence-corrected chi connectivity index (χ4v) is 1.80. The maximum absolute atomic E-state index is 5.69. The van der Waals surface area contributed by atoms with E-state index < -0.39 is 0 Å². The van der Waals surface area contributed by atoms with E-state index in [0.29, 0.717) is 12.2 Å². The molecule has 0 aromatic carbocycles. The van der Waals surface area contributed by atoms with Crippen LogP contribution in [0.2, 0.25) is 0 Å². The number of hydrogen-bond acceptors (Lipinski definition) is 1. The molecule has 0 N–H and O–H groups in total. The largest absolute Gasteiger partial charge is 0.375 e. The second kappa shape index (κ2) is 2.30. The van der Waals surface area contributed by atoms with Gasteiger partial charge in [-0.05, 0) is 38.5 Å². The van der Waals surface area contributed by atoms with Gasteiger partial charge >= 0.3 is 0 Å². The monoisotopic (exact) mass is 125 g/mol. The van der Waals surface area contributed by atoms with Crippen LogP contribution in [0.1, 0.15) is 32.1 Å². The van der Waals surface area contributed by atoms with Crippen LogP contribution in [0.3, 0.4) is 0 Å². The fraction of sp³-hybridized carbons (Fsp3) is 0.875. The first-order valence-electron chi connectivity index (χ1n) is 3.92. The molecular formula is C8H13O. The lowest BCUT2D eigenvalue weighted by Crippen LogP contribution is -2.32. The minimum Gasteiger partial charge on any atom is -0.375 e. The minimum absolute atomic E-state index is 0.595. The van der Waals surface area contributed by atoms with E-state index in [9.17, 15) is 0 Å². The third-order valence-electron chi connectivity index (χ3n) is 2.30. The van der Waals surface area contributed by atoms with E-state index >= 15 is 0 Å². The van der Waals surface area contributed by atoms with E-state index in [-0.39, 0.29) is 0 Å². The van der Waals surface area contributed by atoms with Gasteiger partial charge in [-0.25, -0.2) is 0 Å². The van der Waals surface area contributed by atoms with Crippen molar-refractivity contribution < 1.29 is 4.74 Å². The Kier molecular flexibility index (Phi) is 1.46. The van der Waals surface area contributed by atoms with Gasteiger partial charge in [-0.2, -0.15) is 0 Å². The first-order chi connectivity index (χ1) is 4.45. The Balaban J connectivity index is 1.96. The third kappa shape index (κ3) is 1.11. The summed E-state index contributed by atoms with van der Waals surface area (Å²) in [5, 5.41) is 0. The third-order valence-corrected chi connectivity index (χ3v) is 2.30. The van der Waals surface area contributed by atoms with Gasteiger partial charge in [-0.1, -0.05) is 0 Å². The molecule has 0 aromatic rings. The summed E-state index contributed by atoms with van der Waals surface area (Å²) in [7, 11) is 0. The van der Waals surface area contributed by atoms with E-state index in [2.05, 4.69) is 6.42 Å². The zero-order valence-corrected chi connectivity index (χ0v) is 5.68. The molecule has 1 radical (unpaired) electrons. The van der Waals surface area contributed by atoms with Crippen LogP contribution >= 0.6 is 0 Å². The highest BCUT2D eigenvalue weighted by molar-refractivity contribution is 4.85. The van der Waals surface area contributed by atoms with Crippen molar-refractivity contribution in [1.82, 2.24) is 0 Å². The van der Waals surface area contributed by atoms with Gasteiger partial charge in [-0.3, -0.25) is 0 Å². The van der Waals surface area contributed by atoms with Crippen LogP contribution in [0.5, 0.6) is 0 Å². The number of rotatable bonds is 0. The average molecular weight is 125 g/mol. The number of fused-ring (bicyclic) bond motifs is 2. The van der Waals surface area contributed by atoms with Crippen LogP contribution in [0, 0.1) is 6.42 Å². The molecule has 0 amide bonds. The molecule has 2 aliphatic heterocycles. The molecule has 2 unspecified atom stereocenters. The molecule has 9 heavy (non-hydrogen) atoms. The van der Waals surface area contributed by atoms with Crippen LogP contribution in [-0.4, -0.2) is 12.2 Å². The van der Waals surface area contributed by atoms with E-state index in [1.54, 1.807) is 0 Å². The lowest BCUT2D eigenvalue weighted by Gasteiger charge is -2.34. The molecule has 2 bridgehead atoms. The Morgan fingerprint density at radius 1 is 1.11 bits per heavy atom. The Bertz CT molecular complexity index is 80.7. The van der Waals surface area contributed by atoms with Crippen molar-refractivity contribution in [3.63, 3.8) is 0 Å². The maximum atomic E-state index is 5.69. The summed E-state index contributed by atoms with van der Waals surface area (Å²) in [6, 6.07) is 0. The average Bonchev–Trinajstić information content (AvgIpc) is 1.88. The summed E-state index contributed by atoms with van der Waals surface area (Å²) in [6.45, 7) is 0. The lowest BCUT2D eigenvalue weighted by molar-refractivity contribution is -0.0673. The topological polar surface area (TPSA) is 9.23 Å². The quantitative estimate of drug-likeness (QED) is 0.480. The standard InChI is InChI=1S/C8H13O/c1-3-7-5-2-6-8(4-1)9-7/h1,7-8H,2-6H2. The first-order valence-corrected chi connectivity index (χ1v) is 3.92. The van der Waals surface area contributed by atoms with Crippen LogP contribution in [-0.2, 0) is 4.74 Å². The van der Waals surface area contributed by atoms with Crippen molar-refractivity contribution in [3.8, 4) is 0 Å². The van der Waals surface area contributed by atoms with E-state index in [1.807, 2.05) is 0 Å². The van der Waals surface area contributed by atoms with E-state index in [0.717, 1.165) is 0 Å². The summed E-state index contributed by atoms with van der Waals surface area (Å²) in [5.41, 5.74) is 0. The molecule has 2 heterocycles. The van der Waals surface area contributed by atoms with Gasteiger partial charge in [0.05, 0.1) is 12.2 Å². The van der Waals surface area contributed by atoms with Crippen LogP contribution < -0.4 is 0 Å². The zero-order valence-electron chi connectivity index (χ0n) is 5.68. The summed E-state index contributed by atoms with van der Waals surface area (Å²) in [6.07, 6.45) is 9.98. The molecule has 51 valence electrons. The van der Waals surface area contributed by atoms with Crippen LogP contribution in [0.25, 0.3) is 0 Å². The van der Waals surface area contributed by atoms with Crippen LogP contribution in [0.4, 0.5) is 0 Å². The van der Waals surface area contributed by atoms with Crippen molar-refractivity contribution in [2.24, 2.45) is 0 Å². The summed E-state index contributed by atoms with van der Waals surface area (Å²) < 4.78 is 5.69. The van der Waals surface area contributed by atoms with Gasteiger partial charge in [0, 0.05) is 0 Å². The van der Waals surface area contributed by atoms with Gasteiger partial charge in [0.25, 0.3) is 0 Å². The number of hydrogen-bond donors (Lipinski definition) is 0.